The molecular weight excluding hydrogens is 381 g/mol. The van der Waals surface area contributed by atoms with Crippen LogP contribution in [0.5, 0.6) is 0 Å². The third kappa shape index (κ3) is 4.75. The summed E-state index contributed by atoms with van der Waals surface area (Å²) in [6.07, 6.45) is 5.00. The molecule has 0 unspecified atom stereocenters. The van der Waals surface area contributed by atoms with Crippen molar-refractivity contribution in [1.82, 2.24) is 0 Å². The van der Waals surface area contributed by atoms with Crippen LogP contribution >= 0.6 is 19.0 Å². The van der Waals surface area contributed by atoms with Crippen molar-refractivity contribution in [3.05, 3.63) is 59.1 Å². The van der Waals surface area contributed by atoms with Gasteiger partial charge in [-0.05, 0) is 54.8 Å². The smallest absolute Gasteiger partial charge is 0.264 e. The highest BCUT2D eigenvalue weighted by atomic mass is 35.5. The van der Waals surface area contributed by atoms with E-state index >= 15 is 0 Å². The lowest BCUT2D eigenvalue weighted by Crippen LogP contribution is -2.22. The maximum absolute atomic E-state index is 14.0. The number of rotatable bonds is 6. The minimum absolute atomic E-state index is 0.0833. The highest BCUT2D eigenvalue weighted by molar-refractivity contribution is 7.67. The van der Waals surface area contributed by atoms with Crippen molar-refractivity contribution >= 4 is 30.0 Å². The van der Waals surface area contributed by atoms with Crippen LogP contribution in [-0.2, 0) is 9.09 Å². The molecule has 1 fully saturated rings. The summed E-state index contributed by atoms with van der Waals surface area (Å²) in [7, 11) is 0.384. The normalized spacial score (nSPS) is 18.7. The molecule has 0 amide bonds. The molecule has 0 spiro atoms. The molecule has 0 aromatic heterocycles. The van der Waals surface area contributed by atoms with Gasteiger partial charge in [0.25, 0.3) is 7.37 Å². The van der Waals surface area contributed by atoms with Crippen LogP contribution in [0, 0.1) is 0 Å². The third-order valence-electron chi connectivity index (χ3n) is 5.07. The number of benzene rings is 2. The number of hydrogen-bond donors (Lipinski definition) is 1. The second kappa shape index (κ2) is 8.79. The van der Waals surface area contributed by atoms with Crippen LogP contribution in [0.2, 0.25) is 5.02 Å². The Kier molecular flexibility index (Phi) is 6.65. The summed E-state index contributed by atoms with van der Waals surface area (Å²) >= 11 is 5.96. The van der Waals surface area contributed by atoms with Gasteiger partial charge in [0, 0.05) is 30.1 Å². The molecule has 1 aliphatic carbocycles. The first-order valence-corrected chi connectivity index (χ1v) is 11.5. The molecule has 6 heteroatoms. The molecular formula is C21H27ClNO3P. The van der Waals surface area contributed by atoms with Gasteiger partial charge in [0.15, 0.2) is 5.85 Å². The topological polar surface area (TPSA) is 49.8 Å². The van der Waals surface area contributed by atoms with Crippen molar-refractivity contribution in [1.29, 1.82) is 0 Å². The predicted molar refractivity (Wildman–Crippen MR) is 112 cm³/mol. The Morgan fingerprint density at radius 1 is 1.04 bits per heavy atom. The lowest BCUT2D eigenvalue weighted by molar-refractivity contribution is 0.137. The van der Waals surface area contributed by atoms with Crippen LogP contribution in [-0.4, -0.2) is 25.3 Å². The molecule has 0 bridgehead atoms. The maximum atomic E-state index is 14.0. The van der Waals surface area contributed by atoms with E-state index < -0.39 is 13.2 Å². The van der Waals surface area contributed by atoms with Crippen LogP contribution in [0.25, 0.3) is 0 Å². The minimum atomic E-state index is -3.52. The highest BCUT2D eigenvalue weighted by Gasteiger charge is 2.39. The van der Waals surface area contributed by atoms with Crippen molar-refractivity contribution in [3.8, 4) is 0 Å². The third-order valence-corrected chi connectivity index (χ3v) is 7.90. The lowest BCUT2D eigenvalue weighted by Gasteiger charge is -2.31. The SMILES string of the molecule is CN(C)c1ccc([P@](=O)(OC2CCCCC2)[C@@H](O)c2ccc(Cl)cc2)cc1. The summed E-state index contributed by atoms with van der Waals surface area (Å²) < 4.78 is 20.2. The Bertz CT molecular complexity index is 786. The van der Waals surface area contributed by atoms with E-state index in [1.54, 1.807) is 36.4 Å². The zero-order valence-electron chi connectivity index (χ0n) is 15.8. The Hall–Kier alpha value is -1.32. The number of anilines is 1. The van der Waals surface area contributed by atoms with E-state index in [0.717, 1.165) is 31.4 Å². The van der Waals surface area contributed by atoms with E-state index in [0.29, 0.717) is 15.9 Å². The summed E-state index contributed by atoms with van der Waals surface area (Å²) in [6, 6.07) is 14.2. The monoisotopic (exact) mass is 407 g/mol. The average molecular weight is 408 g/mol. The van der Waals surface area contributed by atoms with Crippen LogP contribution < -0.4 is 10.2 Å². The van der Waals surface area contributed by atoms with E-state index in [1.807, 2.05) is 31.1 Å². The van der Waals surface area contributed by atoms with Crippen molar-refractivity contribution in [2.45, 2.75) is 44.1 Å². The van der Waals surface area contributed by atoms with Crippen LogP contribution in [0.3, 0.4) is 0 Å². The van der Waals surface area contributed by atoms with Crippen molar-refractivity contribution in [2.75, 3.05) is 19.0 Å². The predicted octanol–water partition coefficient (Wildman–Crippen LogP) is 5.35. The van der Waals surface area contributed by atoms with Gasteiger partial charge in [-0.2, -0.15) is 0 Å². The zero-order chi connectivity index (χ0) is 19.4. The van der Waals surface area contributed by atoms with E-state index in [1.165, 1.54) is 6.42 Å². The Morgan fingerprint density at radius 3 is 2.19 bits per heavy atom. The zero-order valence-corrected chi connectivity index (χ0v) is 17.5. The molecule has 1 saturated carbocycles. The minimum Gasteiger partial charge on any atom is -0.378 e. The van der Waals surface area contributed by atoms with Gasteiger partial charge >= 0.3 is 0 Å². The first-order valence-electron chi connectivity index (χ1n) is 9.40. The van der Waals surface area contributed by atoms with E-state index in [2.05, 4.69) is 0 Å². The number of aliphatic hydroxyl groups excluding tert-OH is 1. The number of aliphatic hydroxyl groups is 1. The fraction of sp³-hybridized carbons (Fsp3) is 0.429. The Labute approximate surface area is 166 Å². The van der Waals surface area contributed by atoms with Crippen LogP contribution in [0.1, 0.15) is 43.5 Å². The van der Waals surface area contributed by atoms with Crippen LogP contribution in [0.15, 0.2) is 48.5 Å². The second-order valence-electron chi connectivity index (χ2n) is 7.30. The molecule has 1 aliphatic rings. The summed E-state index contributed by atoms with van der Waals surface area (Å²) in [5.74, 6) is -1.22. The summed E-state index contributed by atoms with van der Waals surface area (Å²) in [4.78, 5) is 1.98. The molecule has 2 aromatic rings. The Balaban J connectivity index is 1.96. The molecule has 2 atom stereocenters. The maximum Gasteiger partial charge on any atom is 0.264 e. The number of nitrogens with zero attached hydrogens (tertiary/aromatic N) is 1. The van der Waals surface area contributed by atoms with Gasteiger partial charge in [0.2, 0.25) is 0 Å². The molecule has 27 heavy (non-hydrogen) atoms. The van der Waals surface area contributed by atoms with E-state index in [-0.39, 0.29) is 6.10 Å². The van der Waals surface area contributed by atoms with Crippen molar-refractivity contribution in [3.63, 3.8) is 0 Å². The largest absolute Gasteiger partial charge is 0.378 e. The van der Waals surface area contributed by atoms with E-state index in [9.17, 15) is 9.67 Å². The Morgan fingerprint density at radius 2 is 1.63 bits per heavy atom. The van der Waals surface area contributed by atoms with Gasteiger partial charge in [0.05, 0.1) is 6.10 Å². The van der Waals surface area contributed by atoms with Gasteiger partial charge in [0.1, 0.15) is 0 Å². The lowest BCUT2D eigenvalue weighted by atomic mass is 9.98. The van der Waals surface area contributed by atoms with Gasteiger partial charge < -0.3 is 14.5 Å². The average Bonchev–Trinajstić information content (AvgIpc) is 2.69. The van der Waals surface area contributed by atoms with E-state index in [4.69, 9.17) is 16.1 Å². The molecule has 0 radical (unpaired) electrons. The van der Waals surface area contributed by atoms with Crippen molar-refractivity contribution < 1.29 is 14.2 Å². The van der Waals surface area contributed by atoms with Gasteiger partial charge in [-0.1, -0.05) is 43.0 Å². The van der Waals surface area contributed by atoms with Crippen molar-refractivity contribution in [2.24, 2.45) is 0 Å². The molecule has 0 saturated heterocycles. The quantitative estimate of drug-likeness (QED) is 0.656. The molecule has 0 aliphatic heterocycles. The van der Waals surface area contributed by atoms with Gasteiger partial charge in [-0.15, -0.1) is 0 Å². The first-order chi connectivity index (χ1) is 12.9. The fourth-order valence-corrected chi connectivity index (χ4v) is 5.87. The molecule has 4 nitrogen and oxygen atoms in total. The second-order valence-corrected chi connectivity index (χ2v) is 10.1. The molecule has 0 heterocycles. The summed E-state index contributed by atoms with van der Waals surface area (Å²) in [5.41, 5.74) is 1.55. The van der Waals surface area contributed by atoms with Gasteiger partial charge in [-0.25, -0.2) is 0 Å². The molecule has 1 N–H and O–H groups in total. The summed E-state index contributed by atoms with van der Waals surface area (Å²) in [6.45, 7) is 0. The fourth-order valence-electron chi connectivity index (χ4n) is 3.44. The molecule has 146 valence electrons. The van der Waals surface area contributed by atoms with Crippen LogP contribution in [0.4, 0.5) is 5.69 Å². The molecule has 3 rings (SSSR count). The number of hydrogen-bond acceptors (Lipinski definition) is 4. The first kappa shape index (κ1) is 20.4. The summed E-state index contributed by atoms with van der Waals surface area (Å²) in [5, 5.41) is 12.2. The highest BCUT2D eigenvalue weighted by Crippen LogP contribution is 2.59. The number of halogens is 1. The standard InChI is InChI=1S/C21H27ClNO3P/c1-23(2)18-12-14-20(15-13-18)27(25,26-19-6-4-3-5-7-19)21(24)16-8-10-17(22)11-9-16/h8-15,19,21,24H,3-7H2,1-2H3/t21-,27+/m1/s1. The molecule has 2 aromatic carbocycles. The van der Waals surface area contributed by atoms with Gasteiger partial charge in [-0.3, -0.25) is 4.57 Å².